The number of rotatable bonds is 20. The van der Waals surface area contributed by atoms with Gasteiger partial charge < -0.3 is 29.7 Å². The summed E-state index contributed by atoms with van der Waals surface area (Å²) in [5, 5.41) is 50.7. The van der Waals surface area contributed by atoms with Crippen LogP contribution in [-0.4, -0.2) is 147 Å². The van der Waals surface area contributed by atoms with Crippen molar-refractivity contribution in [3.05, 3.63) is 196 Å². The Balaban J connectivity index is 0.000000212. The van der Waals surface area contributed by atoms with E-state index in [4.69, 9.17) is 14.6 Å². The highest BCUT2D eigenvalue weighted by atomic mass is 19.4. The average molecular weight is 1340 g/mol. The van der Waals surface area contributed by atoms with E-state index in [0.29, 0.717) is 75.8 Å². The maximum absolute atomic E-state index is 12.8. The van der Waals surface area contributed by atoms with Crippen LogP contribution in [0.1, 0.15) is 111 Å². The minimum atomic E-state index is -4.36. The molecule has 96 heavy (non-hydrogen) atoms. The fourth-order valence-electron chi connectivity index (χ4n) is 8.96. The largest absolute Gasteiger partial charge is 0.444 e. The minimum absolute atomic E-state index is 0.0904. The van der Waals surface area contributed by atoms with Gasteiger partial charge in [-0.05, 0) is 179 Å². The van der Waals surface area contributed by atoms with Crippen LogP contribution in [0.4, 0.5) is 49.1 Å². The summed E-state index contributed by atoms with van der Waals surface area (Å²) < 4.78 is 125. The van der Waals surface area contributed by atoms with E-state index in [1.54, 1.807) is 18.9 Å². The third-order valence-electron chi connectivity index (χ3n) is 13.8. The second-order valence-corrected chi connectivity index (χ2v) is 23.9. The van der Waals surface area contributed by atoms with Gasteiger partial charge in [0.15, 0.2) is 0 Å². The molecule has 0 aliphatic carbocycles. The molecule has 0 aliphatic rings. The maximum atomic E-state index is 12.8. The lowest BCUT2D eigenvalue weighted by Gasteiger charge is -2.24. The van der Waals surface area contributed by atoms with Gasteiger partial charge in [-0.15, -0.1) is 30.6 Å². The summed E-state index contributed by atoms with van der Waals surface area (Å²) in [4.78, 5) is 29.3. The number of carbonyl (C=O) groups excluding carboxylic acids is 2. The summed E-state index contributed by atoms with van der Waals surface area (Å²) in [7, 11) is 5.22. The predicted molar refractivity (Wildman–Crippen MR) is 341 cm³/mol. The van der Waals surface area contributed by atoms with Crippen LogP contribution < -0.4 is 5.32 Å². The van der Waals surface area contributed by atoms with E-state index in [1.165, 1.54) is 51.0 Å². The number of aliphatic hydroxyl groups excluding tert-OH is 1. The molecule has 0 fully saturated rings. The Hall–Kier alpha value is -9.64. The van der Waals surface area contributed by atoms with Crippen molar-refractivity contribution in [2.75, 3.05) is 47.4 Å². The zero-order valence-corrected chi connectivity index (χ0v) is 54.6. The minimum Gasteiger partial charge on any atom is -0.444 e. The van der Waals surface area contributed by atoms with Crippen molar-refractivity contribution in [2.24, 2.45) is 0 Å². The van der Waals surface area contributed by atoms with Crippen LogP contribution in [0.2, 0.25) is 0 Å². The second-order valence-electron chi connectivity index (χ2n) is 23.9. The fourth-order valence-corrected chi connectivity index (χ4v) is 8.96. The van der Waals surface area contributed by atoms with Crippen molar-refractivity contribution in [1.82, 2.24) is 76.2 Å². The van der Waals surface area contributed by atoms with Crippen LogP contribution in [0, 0.1) is 0 Å². The molecule has 0 atom stereocenters. The molecule has 3 aromatic heterocycles. The lowest BCUT2D eigenvalue weighted by atomic mass is 9.98. The molecule has 0 bridgehead atoms. The Morgan fingerprint density at radius 2 is 0.833 bits per heavy atom. The normalized spacial score (nSPS) is 11.7. The van der Waals surface area contributed by atoms with E-state index in [0.717, 1.165) is 99.4 Å². The van der Waals surface area contributed by atoms with Gasteiger partial charge in [0, 0.05) is 50.5 Å². The lowest BCUT2D eigenvalue weighted by Crippen LogP contribution is -2.35. The quantitative estimate of drug-likeness (QED) is 0.0476. The van der Waals surface area contributed by atoms with Gasteiger partial charge in [-0.2, -0.15) is 54.3 Å². The first-order chi connectivity index (χ1) is 45.3. The Morgan fingerprint density at radius 1 is 0.490 bits per heavy atom. The number of hydrogen-bond donors (Lipinski definition) is 3. The number of halogens is 9. The van der Waals surface area contributed by atoms with Crippen LogP contribution in [0.15, 0.2) is 146 Å². The van der Waals surface area contributed by atoms with Crippen molar-refractivity contribution < 1.29 is 63.7 Å². The molecule has 0 spiro atoms. The van der Waals surface area contributed by atoms with Gasteiger partial charge in [-0.25, -0.2) is 9.59 Å². The first kappa shape index (κ1) is 75.4. The van der Waals surface area contributed by atoms with Gasteiger partial charge in [0.05, 0.1) is 29.8 Å². The van der Waals surface area contributed by atoms with Crippen molar-refractivity contribution in [3.63, 3.8) is 0 Å². The monoisotopic (exact) mass is 1340 g/mol. The number of benzene rings is 6. The number of alkyl halides is 9. The van der Waals surface area contributed by atoms with Crippen molar-refractivity contribution >= 4 is 12.2 Å². The first-order valence-electron chi connectivity index (χ1n) is 30.5. The van der Waals surface area contributed by atoms with Crippen LogP contribution >= 0.6 is 0 Å². The molecule has 9 aromatic rings. The summed E-state index contributed by atoms with van der Waals surface area (Å²) >= 11 is 0. The van der Waals surface area contributed by atoms with Crippen molar-refractivity contribution in [1.29, 1.82) is 0 Å². The van der Waals surface area contributed by atoms with Gasteiger partial charge in [0.25, 0.3) is 0 Å². The number of aryl methyl sites for hydroxylation is 2. The number of ether oxygens (including phenoxy) is 2. The molecule has 3 heterocycles. The Kier molecular flexibility index (Phi) is 27.2. The van der Waals surface area contributed by atoms with Gasteiger partial charge >= 0.3 is 30.7 Å². The number of nitrogens with zero attached hydrogens (tertiary/aromatic N) is 13. The van der Waals surface area contributed by atoms with Gasteiger partial charge in [0.1, 0.15) is 11.2 Å². The summed E-state index contributed by atoms with van der Waals surface area (Å²) in [6.45, 7) is 14.0. The third kappa shape index (κ3) is 24.9. The molecule has 0 saturated heterocycles. The average Bonchev–Trinajstić information content (AvgIpc) is 1.42. The van der Waals surface area contributed by atoms with E-state index >= 15 is 0 Å². The van der Waals surface area contributed by atoms with Crippen LogP contribution in [0.5, 0.6) is 0 Å². The van der Waals surface area contributed by atoms with Crippen LogP contribution in [0.3, 0.4) is 0 Å². The van der Waals surface area contributed by atoms with Gasteiger partial charge in [0.2, 0.25) is 17.5 Å². The SMILES string of the molecule is CN(CCCO)C(=O)OC(C)(C)C.CN(CCCn1nnc(-c2ccccc2Cc2ccc(C(F)(F)F)cc2)n1)C(=O)OC(C)(C)C.CNCCCn1nnc(-c2ccccc2Cc2ccc(C(F)(F)F)cc2)n1.FC(F)(F)c1ccc(Cc2ccccc2-c2nn[nH]n2)cc1. The van der Waals surface area contributed by atoms with E-state index in [9.17, 15) is 49.1 Å². The number of amides is 2. The van der Waals surface area contributed by atoms with E-state index in [2.05, 4.69) is 56.8 Å². The molecule has 0 aliphatic heterocycles. The number of tetrazole rings is 3. The van der Waals surface area contributed by atoms with Gasteiger partial charge in [-0.3, -0.25) is 0 Å². The van der Waals surface area contributed by atoms with Gasteiger partial charge in [-0.1, -0.05) is 109 Å². The summed E-state index contributed by atoms with van der Waals surface area (Å²) in [6, 6.07) is 38.0. The number of aromatic amines is 1. The van der Waals surface area contributed by atoms with E-state index < -0.39 is 52.5 Å². The molecule has 0 saturated carbocycles. The fraction of sp³-hybridized carbons (Fsp3) is 0.388. The maximum Gasteiger partial charge on any atom is 0.416 e. The highest BCUT2D eigenvalue weighted by Gasteiger charge is 2.32. The van der Waals surface area contributed by atoms with Crippen molar-refractivity contribution in [2.45, 2.75) is 123 Å². The molecule has 6 aromatic carbocycles. The molecule has 2 amide bonds. The summed E-state index contributed by atoms with van der Waals surface area (Å²) in [5.74, 6) is 1.41. The smallest absolute Gasteiger partial charge is 0.416 e. The molecule has 29 heteroatoms. The lowest BCUT2D eigenvalue weighted by molar-refractivity contribution is -0.138. The highest BCUT2D eigenvalue weighted by molar-refractivity contribution is 5.68. The molecule has 3 N–H and O–H groups in total. The molecule has 0 unspecified atom stereocenters. The first-order valence-corrected chi connectivity index (χ1v) is 30.5. The number of carbonyl (C=O) groups is 2. The number of nitrogens with one attached hydrogen (secondary N) is 2. The Bertz CT molecular complexity index is 3810. The number of hydrogen-bond acceptors (Lipinski definition) is 15. The third-order valence-corrected chi connectivity index (χ3v) is 13.8. The zero-order chi connectivity index (χ0) is 70.3. The standard InChI is InChI=1S/C24H28F3N5O2.C19H20F3N5.C15H11F3N4.C9H19NO3/c1-23(2,3)34-22(33)31(4)14-7-15-32-29-21(28-30-32)20-9-6-5-8-18(20)16-17-10-12-19(13-11-17)24(25,26)27;1-23-11-4-12-27-25-18(24-26-27)17-6-3-2-5-15(17)13-14-7-9-16(10-8-14)19(20,21)22;16-15(17,18)12-7-5-10(6-8-12)9-11-3-1-2-4-13(11)14-19-21-22-20-14;1-9(2,3)13-8(12)10(4)6-5-7-11/h5-6,8-13H,7,14-16H2,1-4H3;2-3,5-10,23H,4,11-13H2,1H3;1-8H,9H2,(H,19,20,21,22);11H,5-7H2,1-4H3. The molecule has 20 nitrogen and oxygen atoms in total. The Labute approximate surface area is 550 Å². The molecule has 9 rings (SSSR count). The molecule has 0 radical (unpaired) electrons. The predicted octanol–water partition coefficient (Wildman–Crippen LogP) is 13.5. The number of aromatic nitrogens is 12. The molecular formula is C67H78F9N15O5. The number of aliphatic hydroxyl groups is 1. The highest BCUT2D eigenvalue weighted by Crippen LogP contribution is 2.33. The topological polar surface area (TPSA) is 233 Å². The zero-order valence-electron chi connectivity index (χ0n) is 54.6. The van der Waals surface area contributed by atoms with E-state index in [-0.39, 0.29) is 12.7 Å². The molecule has 514 valence electrons. The van der Waals surface area contributed by atoms with Crippen molar-refractivity contribution in [3.8, 4) is 34.2 Å². The summed E-state index contributed by atoms with van der Waals surface area (Å²) in [6.07, 6.45) is -10.3. The second kappa shape index (κ2) is 34.7. The van der Waals surface area contributed by atoms with Crippen LogP contribution in [-0.2, 0) is 60.4 Å². The number of H-pyrrole nitrogens is 1. The van der Waals surface area contributed by atoms with E-state index in [1.807, 2.05) is 121 Å². The van der Waals surface area contributed by atoms with Crippen LogP contribution in [0.25, 0.3) is 34.2 Å². The molecular weight excluding hydrogens is 1270 g/mol. The summed E-state index contributed by atoms with van der Waals surface area (Å²) in [5.41, 5.74) is 4.47. The Morgan fingerprint density at radius 3 is 1.16 bits per heavy atom.